The van der Waals surface area contributed by atoms with Crippen molar-refractivity contribution in [3.8, 4) is 0 Å². The fourth-order valence-electron chi connectivity index (χ4n) is 2.31. The van der Waals surface area contributed by atoms with E-state index in [1.807, 2.05) is 13.1 Å². The quantitative estimate of drug-likeness (QED) is 0.750. The monoisotopic (exact) mass is 251 g/mol. The van der Waals surface area contributed by atoms with Crippen molar-refractivity contribution in [3.05, 3.63) is 24.1 Å². The summed E-state index contributed by atoms with van der Waals surface area (Å²) < 4.78 is 13.0. The van der Waals surface area contributed by atoms with E-state index in [0.717, 1.165) is 25.9 Å². The number of hydrogen-bond donors (Lipinski definition) is 0. The third-order valence-electron chi connectivity index (χ3n) is 3.53. The molecule has 0 aliphatic carbocycles. The zero-order chi connectivity index (χ0) is 13.1. The number of nitrogens with zero attached hydrogens (tertiary/aromatic N) is 3. The molecule has 1 amide bonds. The van der Waals surface area contributed by atoms with Crippen molar-refractivity contribution >= 4 is 11.7 Å². The largest absolute Gasteiger partial charge is 0.356 e. The molecule has 1 aromatic heterocycles. The molecular weight excluding hydrogens is 233 g/mol. The number of aromatic nitrogens is 1. The van der Waals surface area contributed by atoms with Gasteiger partial charge >= 0.3 is 0 Å². The second-order valence-electron chi connectivity index (χ2n) is 4.67. The molecule has 0 unspecified atom stereocenters. The van der Waals surface area contributed by atoms with Crippen LogP contribution in [0.15, 0.2) is 18.2 Å². The number of carbonyl (C=O) groups excluding carboxylic acids is 1. The summed E-state index contributed by atoms with van der Waals surface area (Å²) in [6.07, 6.45) is 1.79. The molecule has 0 aromatic carbocycles. The predicted molar refractivity (Wildman–Crippen MR) is 67.9 cm³/mol. The predicted octanol–water partition coefficient (Wildman–Crippen LogP) is 1.67. The van der Waals surface area contributed by atoms with Gasteiger partial charge in [0.05, 0.1) is 0 Å². The van der Waals surface area contributed by atoms with Crippen LogP contribution in [0.5, 0.6) is 0 Å². The van der Waals surface area contributed by atoms with E-state index in [-0.39, 0.29) is 11.9 Å². The number of halogens is 1. The summed E-state index contributed by atoms with van der Waals surface area (Å²) in [7, 11) is 1.84. The Morgan fingerprint density at radius 2 is 2.11 bits per heavy atom. The first-order chi connectivity index (χ1) is 8.58. The molecular formula is C13H18FN3O. The van der Waals surface area contributed by atoms with Crippen LogP contribution in [0.1, 0.15) is 19.8 Å². The fraction of sp³-hybridized carbons (Fsp3) is 0.538. The molecule has 0 N–H and O–H groups in total. The second kappa shape index (κ2) is 5.33. The van der Waals surface area contributed by atoms with Gasteiger partial charge in [-0.05, 0) is 25.0 Å². The van der Waals surface area contributed by atoms with E-state index in [2.05, 4.69) is 9.88 Å². The van der Waals surface area contributed by atoms with Crippen LogP contribution < -0.4 is 4.90 Å². The lowest BCUT2D eigenvalue weighted by molar-refractivity contribution is -0.129. The summed E-state index contributed by atoms with van der Waals surface area (Å²) >= 11 is 0. The van der Waals surface area contributed by atoms with E-state index in [4.69, 9.17) is 0 Å². The molecule has 2 heterocycles. The summed E-state index contributed by atoms with van der Waals surface area (Å²) in [6, 6.07) is 5.12. The van der Waals surface area contributed by atoms with E-state index in [9.17, 15) is 9.18 Å². The maximum atomic E-state index is 13.0. The molecule has 98 valence electrons. The third kappa shape index (κ3) is 2.78. The Balaban J connectivity index is 1.96. The summed E-state index contributed by atoms with van der Waals surface area (Å²) in [6.45, 7) is 3.19. The van der Waals surface area contributed by atoms with Gasteiger partial charge in [-0.2, -0.15) is 4.39 Å². The molecule has 0 saturated carbocycles. The Bertz CT molecular complexity index is 430. The average Bonchev–Trinajstić information content (AvgIpc) is 2.38. The number of pyridine rings is 1. The molecule has 1 fully saturated rings. The van der Waals surface area contributed by atoms with Gasteiger partial charge in [-0.15, -0.1) is 0 Å². The second-order valence-corrected chi connectivity index (χ2v) is 4.67. The van der Waals surface area contributed by atoms with Crippen LogP contribution in [0.3, 0.4) is 0 Å². The van der Waals surface area contributed by atoms with Crippen LogP contribution >= 0.6 is 0 Å². The van der Waals surface area contributed by atoms with Gasteiger partial charge in [-0.1, -0.05) is 6.07 Å². The summed E-state index contributed by atoms with van der Waals surface area (Å²) in [5, 5.41) is 0. The van der Waals surface area contributed by atoms with Crippen LogP contribution in [0.2, 0.25) is 0 Å². The Hall–Kier alpha value is -1.65. The van der Waals surface area contributed by atoms with Gasteiger partial charge in [0, 0.05) is 33.1 Å². The molecule has 1 aromatic rings. The Morgan fingerprint density at radius 1 is 1.44 bits per heavy atom. The van der Waals surface area contributed by atoms with Crippen LogP contribution in [-0.2, 0) is 4.79 Å². The molecule has 2 rings (SSSR count). The van der Waals surface area contributed by atoms with Gasteiger partial charge < -0.3 is 9.80 Å². The maximum absolute atomic E-state index is 13.0. The lowest BCUT2D eigenvalue weighted by Crippen LogP contribution is -2.45. The van der Waals surface area contributed by atoms with E-state index < -0.39 is 5.95 Å². The van der Waals surface area contributed by atoms with Crippen molar-refractivity contribution in [1.29, 1.82) is 0 Å². The van der Waals surface area contributed by atoms with Crippen molar-refractivity contribution < 1.29 is 9.18 Å². The van der Waals surface area contributed by atoms with E-state index in [0.29, 0.717) is 5.82 Å². The SMILES string of the molecule is CC(=O)N(C)C1CCN(c2cccc(F)n2)CC1. The van der Waals surface area contributed by atoms with Gasteiger partial charge in [0.1, 0.15) is 5.82 Å². The molecule has 4 nitrogen and oxygen atoms in total. The smallest absolute Gasteiger partial charge is 0.219 e. The number of rotatable bonds is 2. The molecule has 18 heavy (non-hydrogen) atoms. The highest BCUT2D eigenvalue weighted by Gasteiger charge is 2.24. The first kappa shape index (κ1) is 12.8. The number of piperidine rings is 1. The summed E-state index contributed by atoms with van der Waals surface area (Å²) in [5.74, 6) is 0.326. The van der Waals surface area contributed by atoms with E-state index >= 15 is 0 Å². The van der Waals surface area contributed by atoms with Crippen molar-refractivity contribution in [2.75, 3.05) is 25.0 Å². The number of hydrogen-bond acceptors (Lipinski definition) is 3. The first-order valence-corrected chi connectivity index (χ1v) is 6.19. The minimum absolute atomic E-state index is 0.0948. The lowest BCUT2D eigenvalue weighted by Gasteiger charge is -2.36. The molecule has 5 heteroatoms. The highest BCUT2D eigenvalue weighted by Crippen LogP contribution is 2.20. The minimum Gasteiger partial charge on any atom is -0.356 e. The number of amides is 1. The topological polar surface area (TPSA) is 36.4 Å². The van der Waals surface area contributed by atoms with Crippen LogP contribution in [0.4, 0.5) is 10.2 Å². The van der Waals surface area contributed by atoms with Gasteiger partial charge in [0.25, 0.3) is 0 Å². The van der Waals surface area contributed by atoms with Crippen LogP contribution in [0, 0.1) is 5.95 Å². The lowest BCUT2D eigenvalue weighted by atomic mass is 10.0. The van der Waals surface area contributed by atoms with Crippen molar-refractivity contribution in [1.82, 2.24) is 9.88 Å². The molecule has 0 radical (unpaired) electrons. The fourth-order valence-corrected chi connectivity index (χ4v) is 2.31. The van der Waals surface area contributed by atoms with E-state index in [1.165, 1.54) is 6.07 Å². The number of carbonyl (C=O) groups is 1. The zero-order valence-electron chi connectivity index (χ0n) is 10.8. The Kier molecular flexibility index (Phi) is 3.79. The summed E-state index contributed by atoms with van der Waals surface area (Å²) in [4.78, 5) is 19.0. The highest BCUT2D eigenvalue weighted by atomic mass is 19.1. The van der Waals surface area contributed by atoms with Crippen molar-refractivity contribution in [2.24, 2.45) is 0 Å². The standard InChI is InChI=1S/C13H18FN3O/c1-10(18)16(2)11-6-8-17(9-7-11)13-5-3-4-12(14)15-13/h3-5,11H,6-9H2,1-2H3. The zero-order valence-corrected chi connectivity index (χ0v) is 10.8. The van der Waals surface area contributed by atoms with E-state index in [1.54, 1.807) is 17.9 Å². The summed E-state index contributed by atoms with van der Waals surface area (Å²) in [5.41, 5.74) is 0. The molecule has 1 aliphatic rings. The molecule has 1 aliphatic heterocycles. The average molecular weight is 251 g/mol. The van der Waals surface area contributed by atoms with Crippen LogP contribution in [-0.4, -0.2) is 42.0 Å². The van der Waals surface area contributed by atoms with Crippen molar-refractivity contribution in [2.45, 2.75) is 25.8 Å². The van der Waals surface area contributed by atoms with Gasteiger partial charge in [-0.3, -0.25) is 4.79 Å². The minimum atomic E-state index is -0.449. The molecule has 1 saturated heterocycles. The van der Waals surface area contributed by atoms with Crippen LogP contribution in [0.25, 0.3) is 0 Å². The van der Waals surface area contributed by atoms with Gasteiger partial charge in [0.2, 0.25) is 11.9 Å². The Morgan fingerprint density at radius 3 is 2.67 bits per heavy atom. The Labute approximate surface area is 106 Å². The molecule has 0 atom stereocenters. The molecule has 0 spiro atoms. The van der Waals surface area contributed by atoms with Crippen molar-refractivity contribution in [3.63, 3.8) is 0 Å². The first-order valence-electron chi connectivity index (χ1n) is 6.19. The van der Waals surface area contributed by atoms with Gasteiger partial charge in [0.15, 0.2) is 0 Å². The van der Waals surface area contributed by atoms with Gasteiger partial charge in [-0.25, -0.2) is 4.98 Å². The normalized spacial score (nSPS) is 16.7. The maximum Gasteiger partial charge on any atom is 0.219 e. The molecule has 0 bridgehead atoms. The number of anilines is 1. The third-order valence-corrected chi connectivity index (χ3v) is 3.53. The highest BCUT2D eigenvalue weighted by molar-refractivity contribution is 5.73.